The van der Waals surface area contributed by atoms with Crippen molar-refractivity contribution in [2.24, 2.45) is 5.92 Å². The molecule has 0 saturated carbocycles. The Labute approximate surface area is 253 Å². The quantitative estimate of drug-likeness (QED) is 0.109. The third kappa shape index (κ3) is 6.34. The molecule has 1 atom stereocenters. The van der Waals surface area contributed by atoms with Crippen molar-refractivity contribution in [3.8, 4) is 17.2 Å². The van der Waals surface area contributed by atoms with Crippen LogP contribution in [0.2, 0.25) is 0 Å². The highest BCUT2D eigenvalue weighted by molar-refractivity contribution is 6.01. The highest BCUT2D eigenvalue weighted by Crippen LogP contribution is 2.32. The van der Waals surface area contributed by atoms with Gasteiger partial charge < -0.3 is 19.1 Å². The first-order valence-electron chi connectivity index (χ1n) is 14.1. The topological polar surface area (TPSA) is 99.2 Å². The fourth-order valence-electron chi connectivity index (χ4n) is 5.01. The van der Waals surface area contributed by atoms with Crippen molar-refractivity contribution in [2.45, 2.75) is 6.42 Å². The maximum Gasteiger partial charge on any atom is 0.343 e. The van der Waals surface area contributed by atoms with Gasteiger partial charge in [0.2, 0.25) is 5.91 Å². The summed E-state index contributed by atoms with van der Waals surface area (Å²) in [5.74, 6) is -0.806. The summed E-state index contributed by atoms with van der Waals surface area (Å²) < 4.78 is 16.7. The Morgan fingerprint density at radius 3 is 2.16 bits per heavy atom. The number of hydrogen-bond donors (Lipinski definition) is 0. The van der Waals surface area contributed by atoms with Gasteiger partial charge >= 0.3 is 11.9 Å². The van der Waals surface area contributed by atoms with E-state index in [9.17, 15) is 19.2 Å². The molecular weight excluding hydrogens is 558 g/mol. The molecule has 1 heterocycles. The molecule has 1 aliphatic heterocycles. The molecule has 5 aromatic rings. The van der Waals surface area contributed by atoms with E-state index in [2.05, 4.69) is 0 Å². The Bertz CT molecular complexity index is 1830. The number of amides is 1. The molecule has 1 saturated heterocycles. The van der Waals surface area contributed by atoms with E-state index in [0.29, 0.717) is 22.6 Å². The average Bonchev–Trinajstić information content (AvgIpc) is 3.46. The van der Waals surface area contributed by atoms with Crippen LogP contribution in [0.4, 0.5) is 5.69 Å². The molecule has 0 spiro atoms. The smallest absolute Gasteiger partial charge is 0.343 e. The summed E-state index contributed by atoms with van der Waals surface area (Å²) >= 11 is 0. The number of Topliss-reactive ketones (excluding diaryl/α,β-unsaturated/α-hetero) is 1. The summed E-state index contributed by atoms with van der Waals surface area (Å²) in [5.41, 5.74) is 1.35. The minimum Gasteiger partial charge on any atom is -0.457 e. The van der Waals surface area contributed by atoms with Crippen LogP contribution in [0.3, 0.4) is 0 Å². The first-order chi connectivity index (χ1) is 21.4. The van der Waals surface area contributed by atoms with Crippen LogP contribution in [0.5, 0.6) is 17.2 Å². The van der Waals surface area contributed by atoms with Gasteiger partial charge in [0.25, 0.3) is 0 Å². The lowest BCUT2D eigenvalue weighted by Gasteiger charge is -2.17. The molecule has 1 fully saturated rings. The lowest BCUT2D eigenvalue weighted by molar-refractivity contribution is -0.147. The SMILES string of the molecule is O=C(COC(=O)[C@H]1CC(=O)N(c2ccc(Oc3cccc4ccccc34)cc2)C1)c1ccc(OC(=O)c2ccccc2)cc1. The Morgan fingerprint density at radius 2 is 1.39 bits per heavy atom. The van der Waals surface area contributed by atoms with E-state index < -0.39 is 30.2 Å². The molecule has 0 aliphatic carbocycles. The molecule has 0 radical (unpaired) electrons. The second-order valence-corrected chi connectivity index (χ2v) is 10.3. The van der Waals surface area contributed by atoms with Crippen LogP contribution >= 0.6 is 0 Å². The van der Waals surface area contributed by atoms with Crippen LogP contribution in [0, 0.1) is 5.92 Å². The predicted molar refractivity (Wildman–Crippen MR) is 164 cm³/mol. The van der Waals surface area contributed by atoms with E-state index in [0.717, 1.165) is 16.5 Å². The molecule has 218 valence electrons. The van der Waals surface area contributed by atoms with E-state index in [4.69, 9.17) is 14.2 Å². The van der Waals surface area contributed by atoms with Crippen molar-refractivity contribution < 1.29 is 33.4 Å². The number of fused-ring (bicyclic) bond motifs is 1. The lowest BCUT2D eigenvalue weighted by Crippen LogP contribution is -2.27. The van der Waals surface area contributed by atoms with Crippen LogP contribution in [0.15, 0.2) is 121 Å². The minimum atomic E-state index is -0.693. The number of ketones is 1. The number of nitrogens with zero attached hydrogens (tertiary/aromatic N) is 1. The number of carbonyl (C=O) groups is 4. The van der Waals surface area contributed by atoms with Crippen molar-refractivity contribution in [3.63, 3.8) is 0 Å². The van der Waals surface area contributed by atoms with Crippen LogP contribution in [0.1, 0.15) is 27.1 Å². The van der Waals surface area contributed by atoms with Gasteiger partial charge in [-0.05, 0) is 72.1 Å². The zero-order chi connectivity index (χ0) is 30.5. The van der Waals surface area contributed by atoms with Gasteiger partial charge in [-0.3, -0.25) is 14.4 Å². The first-order valence-corrected chi connectivity index (χ1v) is 14.1. The fourth-order valence-corrected chi connectivity index (χ4v) is 5.01. The van der Waals surface area contributed by atoms with Gasteiger partial charge in [-0.15, -0.1) is 0 Å². The number of ether oxygens (including phenoxy) is 3. The molecule has 8 heteroatoms. The molecule has 8 nitrogen and oxygen atoms in total. The largest absolute Gasteiger partial charge is 0.457 e. The van der Waals surface area contributed by atoms with Crippen molar-refractivity contribution in [2.75, 3.05) is 18.1 Å². The third-order valence-electron chi connectivity index (χ3n) is 7.33. The van der Waals surface area contributed by atoms with Crippen LogP contribution in [0.25, 0.3) is 10.8 Å². The van der Waals surface area contributed by atoms with E-state index >= 15 is 0 Å². The van der Waals surface area contributed by atoms with Gasteiger partial charge in [0.1, 0.15) is 17.2 Å². The average molecular weight is 586 g/mol. The van der Waals surface area contributed by atoms with Crippen LogP contribution in [-0.2, 0) is 14.3 Å². The van der Waals surface area contributed by atoms with E-state index in [-0.39, 0.29) is 24.6 Å². The van der Waals surface area contributed by atoms with E-state index in [1.165, 1.54) is 29.2 Å². The molecule has 44 heavy (non-hydrogen) atoms. The molecule has 6 rings (SSSR count). The number of anilines is 1. The van der Waals surface area contributed by atoms with Crippen molar-refractivity contribution >= 4 is 40.1 Å². The summed E-state index contributed by atoms with van der Waals surface area (Å²) in [5, 5.41) is 2.07. The normalized spacial score (nSPS) is 14.3. The maximum atomic E-state index is 12.8. The molecule has 0 N–H and O–H groups in total. The third-order valence-corrected chi connectivity index (χ3v) is 7.33. The molecule has 1 aliphatic rings. The second kappa shape index (κ2) is 12.6. The standard InChI is InChI=1S/C36H27NO7/c38-32(25-13-17-30(18-14-25)44-36(41)26-8-2-1-3-9-26)23-42-35(40)27-21-34(39)37(22-27)28-15-19-29(20-16-28)43-33-12-6-10-24-7-4-5-11-31(24)33/h1-20,27H,21-23H2/t27-/m0/s1. The maximum absolute atomic E-state index is 12.8. The number of hydrogen-bond acceptors (Lipinski definition) is 7. The molecule has 0 aromatic heterocycles. The Balaban J connectivity index is 1.01. The number of benzene rings is 5. The predicted octanol–water partition coefficient (Wildman–Crippen LogP) is 6.63. The minimum absolute atomic E-state index is 0.0112. The summed E-state index contributed by atoms with van der Waals surface area (Å²) in [7, 11) is 0. The monoisotopic (exact) mass is 585 g/mol. The Hall–Kier alpha value is -5.76. The zero-order valence-corrected chi connectivity index (χ0v) is 23.6. The van der Waals surface area contributed by atoms with Gasteiger partial charge in [0.05, 0.1) is 11.5 Å². The second-order valence-electron chi connectivity index (χ2n) is 10.3. The zero-order valence-electron chi connectivity index (χ0n) is 23.6. The van der Waals surface area contributed by atoms with E-state index in [1.807, 2.05) is 42.5 Å². The highest BCUT2D eigenvalue weighted by atomic mass is 16.5. The number of carbonyl (C=O) groups excluding carboxylic acids is 4. The summed E-state index contributed by atoms with van der Waals surface area (Å²) in [4.78, 5) is 51.9. The van der Waals surface area contributed by atoms with Crippen LogP contribution in [-0.4, -0.2) is 36.8 Å². The summed E-state index contributed by atoms with van der Waals surface area (Å²) in [6, 6.07) is 35.5. The van der Waals surface area contributed by atoms with Gasteiger partial charge in [0, 0.05) is 29.6 Å². The van der Waals surface area contributed by atoms with Crippen molar-refractivity contribution in [1.82, 2.24) is 0 Å². The van der Waals surface area contributed by atoms with Crippen LogP contribution < -0.4 is 14.4 Å². The Morgan fingerprint density at radius 1 is 0.705 bits per heavy atom. The number of rotatable bonds is 9. The molecular formula is C36H27NO7. The fraction of sp³-hybridized carbons (Fsp3) is 0.111. The first kappa shape index (κ1) is 28.4. The van der Waals surface area contributed by atoms with Crippen molar-refractivity contribution in [3.05, 3.63) is 132 Å². The van der Waals surface area contributed by atoms with Gasteiger partial charge in [-0.1, -0.05) is 54.6 Å². The Kier molecular flexibility index (Phi) is 8.14. The lowest BCUT2D eigenvalue weighted by atomic mass is 10.1. The molecule has 5 aromatic carbocycles. The van der Waals surface area contributed by atoms with Gasteiger partial charge in [0.15, 0.2) is 12.4 Å². The van der Waals surface area contributed by atoms with Gasteiger partial charge in [-0.2, -0.15) is 0 Å². The van der Waals surface area contributed by atoms with Gasteiger partial charge in [-0.25, -0.2) is 4.79 Å². The number of esters is 2. The molecule has 0 bridgehead atoms. The molecule has 1 amide bonds. The van der Waals surface area contributed by atoms with Crippen molar-refractivity contribution in [1.29, 1.82) is 0 Å². The highest BCUT2D eigenvalue weighted by Gasteiger charge is 2.36. The summed E-state index contributed by atoms with van der Waals surface area (Å²) in [6.07, 6.45) is -0.0112. The van der Waals surface area contributed by atoms with E-state index in [1.54, 1.807) is 54.6 Å². The molecule has 0 unspecified atom stereocenters. The summed E-state index contributed by atoms with van der Waals surface area (Å²) in [6.45, 7) is -0.316.